The van der Waals surface area contributed by atoms with Gasteiger partial charge in [0.25, 0.3) is 0 Å². The van der Waals surface area contributed by atoms with Crippen molar-refractivity contribution < 1.29 is 18.3 Å². The third-order valence-corrected chi connectivity index (χ3v) is 3.96. The molecule has 0 saturated carbocycles. The van der Waals surface area contributed by atoms with E-state index in [1.165, 1.54) is 13.0 Å². The molecule has 25 heavy (non-hydrogen) atoms. The van der Waals surface area contributed by atoms with Gasteiger partial charge in [-0.2, -0.15) is 18.6 Å². The van der Waals surface area contributed by atoms with Crippen molar-refractivity contribution in [1.29, 1.82) is 0 Å². The van der Waals surface area contributed by atoms with Crippen LogP contribution in [0.15, 0.2) is 29.1 Å². The molecule has 0 bridgehead atoms. The highest BCUT2D eigenvalue weighted by atomic mass is 35.5. The summed E-state index contributed by atoms with van der Waals surface area (Å²) in [6, 6.07) is 6.29. The molecule has 0 fully saturated rings. The van der Waals surface area contributed by atoms with E-state index in [1.807, 2.05) is 0 Å². The molecule has 1 aromatic heterocycles. The van der Waals surface area contributed by atoms with E-state index in [2.05, 4.69) is 5.10 Å². The zero-order chi connectivity index (χ0) is 18.8. The van der Waals surface area contributed by atoms with E-state index in [-0.39, 0.29) is 29.1 Å². The van der Waals surface area contributed by atoms with Crippen LogP contribution in [-0.4, -0.2) is 31.3 Å². The molecule has 0 spiro atoms. The summed E-state index contributed by atoms with van der Waals surface area (Å²) in [5, 5.41) is 3.86. The van der Waals surface area contributed by atoms with Crippen LogP contribution in [0.3, 0.4) is 0 Å². The number of rotatable bonds is 6. The molecule has 0 atom stereocenters. The highest BCUT2D eigenvalue weighted by Crippen LogP contribution is 2.30. The summed E-state index contributed by atoms with van der Waals surface area (Å²) in [4.78, 5) is 24.1. The number of esters is 1. The monoisotopic (exact) mass is 393 g/mol. The van der Waals surface area contributed by atoms with E-state index in [0.717, 1.165) is 4.68 Å². The Morgan fingerprint density at radius 2 is 2.00 bits per heavy atom. The summed E-state index contributed by atoms with van der Waals surface area (Å²) < 4.78 is 30.0. The summed E-state index contributed by atoms with van der Waals surface area (Å²) in [7, 11) is 0. The van der Waals surface area contributed by atoms with Gasteiger partial charge in [0.15, 0.2) is 0 Å². The topological polar surface area (TPSA) is 66.1 Å². The SMILES string of the molecule is CCOC(=O)C(Cl)(Cl)Cc1ccccc1-n1nc(C)n(C(F)F)c1=O. The molecule has 0 amide bonds. The first kappa shape index (κ1) is 19.4. The highest BCUT2D eigenvalue weighted by molar-refractivity contribution is 6.57. The van der Waals surface area contributed by atoms with Crippen LogP contribution in [0.2, 0.25) is 0 Å². The molecule has 0 aliphatic heterocycles. The van der Waals surface area contributed by atoms with Crippen LogP contribution in [0.5, 0.6) is 0 Å². The van der Waals surface area contributed by atoms with Crippen molar-refractivity contribution in [3.05, 3.63) is 46.1 Å². The number of hydrogen-bond donors (Lipinski definition) is 0. The number of halogens is 4. The number of hydrogen-bond acceptors (Lipinski definition) is 4. The van der Waals surface area contributed by atoms with Gasteiger partial charge in [-0.3, -0.25) is 0 Å². The van der Waals surface area contributed by atoms with Crippen molar-refractivity contribution in [2.75, 3.05) is 6.61 Å². The van der Waals surface area contributed by atoms with Crippen LogP contribution in [0, 0.1) is 6.92 Å². The van der Waals surface area contributed by atoms with Gasteiger partial charge in [0.05, 0.1) is 12.3 Å². The molecule has 0 unspecified atom stereocenters. The standard InChI is InChI=1S/C15H15Cl2F2N3O3/c1-3-25-12(23)15(16,17)8-10-6-4-5-7-11(10)22-14(24)21(13(18)19)9(2)20-22/h4-7,13H,3,8H2,1-2H3. The Hall–Kier alpha value is -1.93. The summed E-state index contributed by atoms with van der Waals surface area (Å²) in [5.74, 6) is -0.988. The average molecular weight is 394 g/mol. The molecular formula is C15H15Cl2F2N3O3. The lowest BCUT2D eigenvalue weighted by Gasteiger charge is -2.19. The van der Waals surface area contributed by atoms with Gasteiger partial charge < -0.3 is 4.74 Å². The van der Waals surface area contributed by atoms with E-state index in [4.69, 9.17) is 27.9 Å². The number of alkyl halides is 4. The summed E-state index contributed by atoms with van der Waals surface area (Å²) >= 11 is 12.1. The number of carbonyl (C=O) groups is 1. The van der Waals surface area contributed by atoms with Gasteiger partial charge in [-0.1, -0.05) is 41.4 Å². The molecule has 0 N–H and O–H groups in total. The van der Waals surface area contributed by atoms with Gasteiger partial charge in [-0.05, 0) is 25.5 Å². The van der Waals surface area contributed by atoms with Crippen LogP contribution in [0.25, 0.3) is 5.69 Å². The molecule has 6 nitrogen and oxygen atoms in total. The fourth-order valence-corrected chi connectivity index (χ4v) is 2.67. The lowest BCUT2D eigenvalue weighted by molar-refractivity contribution is -0.143. The minimum atomic E-state index is -3.02. The largest absolute Gasteiger partial charge is 0.464 e. The first-order chi connectivity index (χ1) is 11.7. The zero-order valence-electron chi connectivity index (χ0n) is 13.4. The van der Waals surface area contributed by atoms with Gasteiger partial charge in [0, 0.05) is 6.42 Å². The van der Waals surface area contributed by atoms with Crippen LogP contribution < -0.4 is 5.69 Å². The van der Waals surface area contributed by atoms with Crippen molar-refractivity contribution in [3.63, 3.8) is 0 Å². The van der Waals surface area contributed by atoms with Gasteiger partial charge in [-0.25, -0.2) is 14.2 Å². The number of benzene rings is 1. The second-order valence-electron chi connectivity index (χ2n) is 5.12. The predicted molar refractivity (Wildman–Crippen MR) is 88.6 cm³/mol. The highest BCUT2D eigenvalue weighted by Gasteiger charge is 2.36. The average Bonchev–Trinajstić information content (AvgIpc) is 2.82. The first-order valence-corrected chi connectivity index (χ1v) is 8.04. The number of nitrogens with zero attached hydrogens (tertiary/aromatic N) is 3. The quantitative estimate of drug-likeness (QED) is 0.558. The van der Waals surface area contributed by atoms with E-state index in [9.17, 15) is 18.4 Å². The maximum Gasteiger partial charge on any atom is 0.355 e. The van der Waals surface area contributed by atoms with Crippen LogP contribution in [0.1, 0.15) is 24.9 Å². The molecular weight excluding hydrogens is 379 g/mol. The molecule has 2 rings (SSSR count). The van der Waals surface area contributed by atoms with Crippen molar-refractivity contribution in [1.82, 2.24) is 14.3 Å². The third-order valence-electron chi connectivity index (χ3n) is 3.38. The number of aryl methyl sites for hydroxylation is 1. The summed E-state index contributed by atoms with van der Waals surface area (Å²) in [6.45, 7) is -0.0274. The van der Waals surface area contributed by atoms with Gasteiger partial charge >= 0.3 is 18.2 Å². The molecule has 2 aromatic rings. The Bertz CT molecular complexity index is 834. The summed E-state index contributed by atoms with van der Waals surface area (Å²) in [5.41, 5.74) is -0.433. The second-order valence-corrected chi connectivity index (χ2v) is 6.60. The number of ether oxygens (including phenoxy) is 1. The number of aromatic nitrogens is 3. The number of para-hydroxylation sites is 1. The van der Waals surface area contributed by atoms with Crippen molar-refractivity contribution >= 4 is 29.2 Å². The molecule has 10 heteroatoms. The molecule has 1 heterocycles. The Morgan fingerprint density at radius 1 is 1.36 bits per heavy atom. The zero-order valence-corrected chi connectivity index (χ0v) is 14.9. The maximum atomic E-state index is 13.0. The second kappa shape index (κ2) is 7.53. The smallest absolute Gasteiger partial charge is 0.355 e. The first-order valence-electron chi connectivity index (χ1n) is 7.28. The molecule has 0 aliphatic rings. The lowest BCUT2D eigenvalue weighted by Crippen LogP contribution is -2.32. The minimum absolute atomic E-state index is 0.0963. The lowest BCUT2D eigenvalue weighted by atomic mass is 10.1. The van der Waals surface area contributed by atoms with E-state index in [0.29, 0.717) is 5.56 Å². The number of carbonyl (C=O) groups excluding carboxylic acids is 1. The minimum Gasteiger partial charge on any atom is -0.464 e. The fraction of sp³-hybridized carbons (Fsp3) is 0.400. The van der Waals surface area contributed by atoms with Crippen molar-refractivity contribution in [2.45, 2.75) is 31.2 Å². The Balaban J connectivity index is 2.48. The molecule has 1 aromatic carbocycles. The van der Waals surface area contributed by atoms with Crippen LogP contribution in [-0.2, 0) is 16.0 Å². The van der Waals surface area contributed by atoms with Crippen molar-refractivity contribution in [2.24, 2.45) is 0 Å². The maximum absolute atomic E-state index is 13.0. The van der Waals surface area contributed by atoms with E-state index >= 15 is 0 Å². The van der Waals surface area contributed by atoms with Gasteiger partial charge in [0.1, 0.15) is 5.82 Å². The normalized spacial score (nSPS) is 11.8. The van der Waals surface area contributed by atoms with Gasteiger partial charge in [-0.15, -0.1) is 0 Å². The molecule has 136 valence electrons. The van der Waals surface area contributed by atoms with E-state index < -0.39 is 22.5 Å². The molecule has 0 radical (unpaired) electrons. The van der Waals surface area contributed by atoms with E-state index in [1.54, 1.807) is 25.1 Å². The predicted octanol–water partition coefficient (Wildman–Crippen LogP) is 3.02. The van der Waals surface area contributed by atoms with Crippen LogP contribution >= 0.6 is 23.2 Å². The molecule has 0 aliphatic carbocycles. The Labute approximate surface area is 151 Å². The van der Waals surface area contributed by atoms with Crippen molar-refractivity contribution in [3.8, 4) is 5.69 Å². The fourth-order valence-electron chi connectivity index (χ4n) is 2.27. The van der Waals surface area contributed by atoms with Gasteiger partial charge in [0.2, 0.25) is 4.33 Å². The van der Waals surface area contributed by atoms with Crippen LogP contribution in [0.4, 0.5) is 8.78 Å². The Morgan fingerprint density at radius 3 is 2.56 bits per heavy atom. The molecule has 0 saturated heterocycles. The summed E-state index contributed by atoms with van der Waals surface area (Å²) in [6.07, 6.45) is -0.196. The third kappa shape index (κ3) is 4.01. The Kier molecular flexibility index (Phi) is 5.84.